The van der Waals surface area contributed by atoms with Crippen molar-refractivity contribution in [3.8, 4) is 0 Å². The molecule has 1 aromatic carbocycles. The average Bonchev–Trinajstić information content (AvgIpc) is 2.28. The molecule has 0 aromatic heterocycles. The molecule has 0 saturated heterocycles. The molecule has 0 fully saturated rings. The molecule has 1 amide bonds. The van der Waals surface area contributed by atoms with Gasteiger partial charge >= 0.3 is 0 Å². The highest BCUT2D eigenvalue weighted by Crippen LogP contribution is 2.18. The molecule has 94 valence electrons. The molecular formula is C12H14BrClFNO. The molecule has 1 unspecified atom stereocenters. The van der Waals surface area contributed by atoms with E-state index in [0.29, 0.717) is 16.6 Å². The van der Waals surface area contributed by atoms with Crippen LogP contribution in [0.4, 0.5) is 4.39 Å². The Morgan fingerprint density at radius 2 is 2.24 bits per heavy atom. The van der Waals surface area contributed by atoms with Gasteiger partial charge < -0.3 is 4.90 Å². The lowest BCUT2D eigenvalue weighted by atomic mass is 10.2. The molecule has 0 N–H and O–H groups in total. The molecule has 0 bridgehead atoms. The Morgan fingerprint density at radius 1 is 1.59 bits per heavy atom. The number of halogens is 3. The number of rotatable bonds is 4. The molecule has 0 saturated carbocycles. The fraction of sp³-hybridized carbons (Fsp3) is 0.417. The largest absolute Gasteiger partial charge is 0.342 e. The van der Waals surface area contributed by atoms with Crippen LogP contribution in [0.25, 0.3) is 0 Å². The molecular weight excluding hydrogens is 308 g/mol. The van der Waals surface area contributed by atoms with Gasteiger partial charge in [0.15, 0.2) is 0 Å². The second-order valence-corrected chi connectivity index (χ2v) is 5.52. The van der Waals surface area contributed by atoms with Crippen LogP contribution >= 0.6 is 27.5 Å². The van der Waals surface area contributed by atoms with Gasteiger partial charge in [-0.05, 0) is 47.5 Å². The van der Waals surface area contributed by atoms with Crippen molar-refractivity contribution in [3.05, 3.63) is 34.1 Å². The highest BCUT2D eigenvalue weighted by atomic mass is 79.9. The molecule has 17 heavy (non-hydrogen) atoms. The summed E-state index contributed by atoms with van der Waals surface area (Å²) in [6.07, 6.45) is 0.728. The summed E-state index contributed by atoms with van der Waals surface area (Å²) in [7, 11) is 1.71. The van der Waals surface area contributed by atoms with Crippen LogP contribution in [0.5, 0.6) is 0 Å². The van der Waals surface area contributed by atoms with E-state index < -0.39 is 0 Å². The summed E-state index contributed by atoms with van der Waals surface area (Å²) < 4.78 is 13.3. The van der Waals surface area contributed by atoms with Gasteiger partial charge in [0, 0.05) is 24.5 Å². The number of carbonyl (C=O) groups is 1. The third-order valence-electron chi connectivity index (χ3n) is 2.38. The normalized spacial score (nSPS) is 12.3. The molecule has 0 aliphatic heterocycles. The monoisotopic (exact) mass is 321 g/mol. The Morgan fingerprint density at radius 3 is 2.76 bits per heavy atom. The van der Waals surface area contributed by atoms with Gasteiger partial charge in [0.2, 0.25) is 0 Å². The predicted molar refractivity (Wildman–Crippen MR) is 71.0 cm³/mol. The van der Waals surface area contributed by atoms with Gasteiger partial charge in [0.05, 0.1) is 4.47 Å². The van der Waals surface area contributed by atoms with Crippen molar-refractivity contribution < 1.29 is 9.18 Å². The third-order valence-corrected chi connectivity index (χ3v) is 3.20. The van der Waals surface area contributed by atoms with Crippen molar-refractivity contribution in [1.82, 2.24) is 4.90 Å². The maximum Gasteiger partial charge on any atom is 0.253 e. The third kappa shape index (κ3) is 4.28. The Hall–Kier alpha value is -0.610. The Bertz CT molecular complexity index is 411. The van der Waals surface area contributed by atoms with Gasteiger partial charge in [-0.3, -0.25) is 4.79 Å². The highest BCUT2D eigenvalue weighted by Gasteiger charge is 2.13. The molecule has 1 atom stereocenters. The zero-order valence-electron chi connectivity index (χ0n) is 9.71. The van der Waals surface area contributed by atoms with E-state index in [0.717, 1.165) is 6.42 Å². The maximum absolute atomic E-state index is 13.0. The molecule has 0 heterocycles. The second kappa shape index (κ2) is 6.36. The molecule has 0 aliphatic carbocycles. The molecule has 1 rings (SSSR count). The van der Waals surface area contributed by atoms with E-state index in [1.165, 1.54) is 18.2 Å². The van der Waals surface area contributed by atoms with Crippen molar-refractivity contribution in [3.63, 3.8) is 0 Å². The highest BCUT2D eigenvalue weighted by molar-refractivity contribution is 9.10. The first kappa shape index (κ1) is 14.5. The van der Waals surface area contributed by atoms with E-state index in [1.54, 1.807) is 11.9 Å². The fourth-order valence-electron chi connectivity index (χ4n) is 1.32. The second-order valence-electron chi connectivity index (χ2n) is 3.93. The van der Waals surface area contributed by atoms with Gasteiger partial charge in [-0.25, -0.2) is 4.39 Å². The van der Waals surface area contributed by atoms with Crippen LogP contribution in [-0.2, 0) is 0 Å². The molecule has 5 heteroatoms. The van der Waals surface area contributed by atoms with Crippen LogP contribution in [0.2, 0.25) is 0 Å². The van der Waals surface area contributed by atoms with Crippen LogP contribution < -0.4 is 0 Å². The summed E-state index contributed by atoms with van der Waals surface area (Å²) in [5.41, 5.74) is 0.461. The van der Waals surface area contributed by atoms with Crippen LogP contribution in [0.3, 0.4) is 0 Å². The summed E-state index contributed by atoms with van der Waals surface area (Å²) in [5, 5.41) is 0.0326. The van der Waals surface area contributed by atoms with Crippen LogP contribution in [0, 0.1) is 5.82 Å². The first-order chi connectivity index (χ1) is 7.91. The lowest BCUT2D eigenvalue weighted by molar-refractivity contribution is 0.0793. The smallest absolute Gasteiger partial charge is 0.253 e. The summed E-state index contributed by atoms with van der Waals surface area (Å²) >= 11 is 8.88. The first-order valence-electron chi connectivity index (χ1n) is 5.26. The summed E-state index contributed by atoms with van der Waals surface area (Å²) in [6.45, 7) is 2.47. The van der Waals surface area contributed by atoms with E-state index in [1.807, 2.05) is 6.92 Å². The van der Waals surface area contributed by atoms with Gasteiger partial charge in [-0.1, -0.05) is 0 Å². The predicted octanol–water partition coefficient (Wildman–Crippen LogP) is 3.68. The molecule has 0 radical (unpaired) electrons. The zero-order chi connectivity index (χ0) is 13.0. The Kier molecular flexibility index (Phi) is 5.40. The lowest BCUT2D eigenvalue weighted by Gasteiger charge is -2.18. The van der Waals surface area contributed by atoms with Gasteiger partial charge in [-0.15, -0.1) is 11.6 Å². The average molecular weight is 323 g/mol. The minimum Gasteiger partial charge on any atom is -0.342 e. The summed E-state index contributed by atoms with van der Waals surface area (Å²) in [6, 6.07) is 4.23. The van der Waals surface area contributed by atoms with E-state index in [2.05, 4.69) is 15.9 Å². The maximum atomic E-state index is 13.0. The molecule has 1 aromatic rings. The van der Waals surface area contributed by atoms with Crippen molar-refractivity contribution in [1.29, 1.82) is 0 Å². The number of hydrogen-bond donors (Lipinski definition) is 0. The number of nitrogens with zero attached hydrogens (tertiary/aromatic N) is 1. The SMILES string of the molecule is CC(Cl)CCN(C)C(=O)c1ccc(F)c(Br)c1. The summed E-state index contributed by atoms with van der Waals surface area (Å²) in [4.78, 5) is 13.5. The van der Waals surface area contributed by atoms with Gasteiger partial charge in [-0.2, -0.15) is 0 Å². The van der Waals surface area contributed by atoms with Crippen molar-refractivity contribution in [2.75, 3.05) is 13.6 Å². The molecule has 0 spiro atoms. The molecule has 0 aliphatic rings. The van der Waals surface area contributed by atoms with E-state index in [-0.39, 0.29) is 17.1 Å². The number of benzene rings is 1. The lowest BCUT2D eigenvalue weighted by Crippen LogP contribution is -2.28. The van der Waals surface area contributed by atoms with Crippen molar-refractivity contribution in [2.45, 2.75) is 18.7 Å². The van der Waals surface area contributed by atoms with Crippen LogP contribution in [0.15, 0.2) is 22.7 Å². The van der Waals surface area contributed by atoms with E-state index >= 15 is 0 Å². The minimum atomic E-state index is -0.376. The van der Waals surface area contributed by atoms with Crippen LogP contribution in [-0.4, -0.2) is 29.8 Å². The van der Waals surface area contributed by atoms with E-state index in [4.69, 9.17) is 11.6 Å². The number of alkyl halides is 1. The van der Waals surface area contributed by atoms with E-state index in [9.17, 15) is 9.18 Å². The minimum absolute atomic E-state index is 0.0326. The van der Waals surface area contributed by atoms with Crippen molar-refractivity contribution >= 4 is 33.4 Å². The van der Waals surface area contributed by atoms with Gasteiger partial charge in [0.1, 0.15) is 5.82 Å². The Balaban J connectivity index is 2.71. The standard InChI is InChI=1S/C12H14BrClFNO/c1-8(14)5-6-16(2)12(17)9-3-4-11(15)10(13)7-9/h3-4,7-8H,5-6H2,1-2H3. The quantitative estimate of drug-likeness (QED) is 0.774. The number of hydrogen-bond acceptors (Lipinski definition) is 1. The topological polar surface area (TPSA) is 20.3 Å². The first-order valence-corrected chi connectivity index (χ1v) is 6.49. The van der Waals surface area contributed by atoms with Gasteiger partial charge in [0.25, 0.3) is 5.91 Å². The number of carbonyl (C=O) groups excluding carboxylic acids is 1. The number of amides is 1. The van der Waals surface area contributed by atoms with Crippen LogP contribution in [0.1, 0.15) is 23.7 Å². The summed E-state index contributed by atoms with van der Waals surface area (Å²) in [5.74, 6) is -0.512. The van der Waals surface area contributed by atoms with Crippen molar-refractivity contribution in [2.24, 2.45) is 0 Å². The Labute approximate surface area is 114 Å². The fourth-order valence-corrected chi connectivity index (χ4v) is 1.80. The molecule has 2 nitrogen and oxygen atoms in total. The zero-order valence-corrected chi connectivity index (χ0v) is 12.1.